The number of benzene rings is 3. The molecule has 1 unspecified atom stereocenters. The number of hydrogen-bond acceptors (Lipinski definition) is 7. The van der Waals surface area contributed by atoms with Crippen LogP contribution in [0, 0.1) is 0 Å². The van der Waals surface area contributed by atoms with Gasteiger partial charge in [-0.3, -0.25) is 14.5 Å². The molecule has 5 rings (SSSR count). The number of Topliss-reactive ketones (excluding diaryl/α,β-unsaturated/α-hetero) is 1. The van der Waals surface area contributed by atoms with Crippen molar-refractivity contribution in [1.82, 2.24) is 9.97 Å². The van der Waals surface area contributed by atoms with Crippen molar-refractivity contribution < 1.29 is 34.1 Å². The summed E-state index contributed by atoms with van der Waals surface area (Å²) in [7, 11) is 3.00. The summed E-state index contributed by atoms with van der Waals surface area (Å²) in [5.74, 6) is -2.22. The van der Waals surface area contributed by atoms with E-state index in [1.807, 2.05) is 0 Å². The molecule has 2 heterocycles. The van der Waals surface area contributed by atoms with Gasteiger partial charge in [-0.25, -0.2) is 9.78 Å². The highest BCUT2D eigenvalue weighted by atomic mass is 16.5. The van der Waals surface area contributed by atoms with Crippen LogP contribution in [0.15, 0.2) is 72.3 Å². The van der Waals surface area contributed by atoms with Crippen molar-refractivity contribution in [2.75, 3.05) is 19.1 Å². The quantitative estimate of drug-likeness (QED) is 0.206. The van der Waals surface area contributed by atoms with E-state index in [0.717, 1.165) is 4.90 Å². The fourth-order valence-electron chi connectivity index (χ4n) is 4.32. The Bertz CT molecular complexity index is 1590. The number of aliphatic hydroxyl groups is 1. The number of nitrogens with zero attached hydrogens (tertiary/aromatic N) is 2. The summed E-state index contributed by atoms with van der Waals surface area (Å²) < 4.78 is 10.5. The average molecular weight is 499 g/mol. The largest absolute Gasteiger partial charge is 0.507 e. The van der Waals surface area contributed by atoms with E-state index in [-0.39, 0.29) is 22.8 Å². The fraction of sp³-hybridized carbons (Fsp3) is 0.111. The zero-order valence-corrected chi connectivity index (χ0v) is 19.8. The number of nitrogens with one attached hydrogen (secondary N) is 1. The monoisotopic (exact) mass is 499 g/mol. The normalized spacial score (nSPS) is 16.8. The molecule has 1 fully saturated rings. The molecule has 0 bridgehead atoms. The van der Waals surface area contributed by atoms with E-state index in [2.05, 4.69) is 9.97 Å². The third kappa shape index (κ3) is 4.04. The van der Waals surface area contributed by atoms with Crippen molar-refractivity contribution in [3.63, 3.8) is 0 Å². The molecule has 0 spiro atoms. The second-order valence-electron chi connectivity index (χ2n) is 8.27. The van der Waals surface area contributed by atoms with Gasteiger partial charge in [-0.2, -0.15) is 0 Å². The summed E-state index contributed by atoms with van der Waals surface area (Å²) in [4.78, 5) is 46.6. The molecule has 3 aromatic carbocycles. The van der Waals surface area contributed by atoms with Gasteiger partial charge in [0.05, 0.1) is 42.4 Å². The second-order valence-corrected chi connectivity index (χ2v) is 8.27. The first-order valence-electron chi connectivity index (χ1n) is 11.1. The number of carbonyl (C=O) groups is 3. The lowest BCUT2D eigenvalue weighted by Crippen LogP contribution is -2.30. The molecule has 1 aliphatic heterocycles. The Morgan fingerprint density at radius 3 is 2.32 bits per heavy atom. The van der Waals surface area contributed by atoms with Gasteiger partial charge in [0, 0.05) is 5.56 Å². The van der Waals surface area contributed by atoms with Crippen LogP contribution in [0.3, 0.4) is 0 Å². The van der Waals surface area contributed by atoms with E-state index in [1.165, 1.54) is 32.4 Å². The van der Waals surface area contributed by atoms with E-state index in [9.17, 15) is 24.6 Å². The van der Waals surface area contributed by atoms with Gasteiger partial charge in [0.1, 0.15) is 17.3 Å². The zero-order chi connectivity index (χ0) is 26.3. The summed E-state index contributed by atoms with van der Waals surface area (Å²) in [6.45, 7) is 0. The molecule has 1 aliphatic rings. The molecule has 186 valence electrons. The third-order valence-corrected chi connectivity index (χ3v) is 6.16. The summed E-state index contributed by atoms with van der Waals surface area (Å²) in [5, 5.41) is 20.6. The Hall–Kier alpha value is -5.12. The topological polar surface area (TPSA) is 142 Å². The number of methoxy groups -OCH3 is 2. The maximum atomic E-state index is 13.4. The lowest BCUT2D eigenvalue weighted by molar-refractivity contribution is -0.132. The van der Waals surface area contributed by atoms with E-state index in [0.29, 0.717) is 33.7 Å². The SMILES string of the molecule is COc1ccc(C2/C(=C(\O)c3cccc(OC)c3)C(=O)C(=O)N2c2nc3ccc(C(=O)O)cc3[nH]2)cc1. The maximum Gasteiger partial charge on any atom is 0.335 e. The molecular formula is C27H21N3O7. The summed E-state index contributed by atoms with van der Waals surface area (Å²) >= 11 is 0. The number of aliphatic hydroxyl groups excluding tert-OH is 1. The van der Waals surface area contributed by atoms with Crippen LogP contribution in [0.5, 0.6) is 11.5 Å². The predicted molar refractivity (Wildman–Crippen MR) is 134 cm³/mol. The number of fused-ring (bicyclic) bond motifs is 1. The van der Waals surface area contributed by atoms with Gasteiger partial charge in [0.15, 0.2) is 0 Å². The van der Waals surface area contributed by atoms with Gasteiger partial charge >= 0.3 is 11.9 Å². The Morgan fingerprint density at radius 2 is 1.65 bits per heavy atom. The van der Waals surface area contributed by atoms with Crippen LogP contribution in [0.1, 0.15) is 27.5 Å². The van der Waals surface area contributed by atoms with Gasteiger partial charge in [-0.05, 0) is 48.0 Å². The zero-order valence-electron chi connectivity index (χ0n) is 19.8. The minimum atomic E-state index is -1.12. The molecule has 1 aromatic heterocycles. The Morgan fingerprint density at radius 1 is 0.919 bits per heavy atom. The molecule has 0 radical (unpaired) electrons. The number of aromatic amines is 1. The summed E-state index contributed by atoms with van der Waals surface area (Å²) in [5.41, 5.74) is 1.51. The molecule has 4 aromatic rings. The number of ketones is 1. The molecule has 1 atom stereocenters. The number of aromatic carboxylic acids is 1. The first-order chi connectivity index (χ1) is 17.8. The van der Waals surface area contributed by atoms with Crippen molar-refractivity contribution >= 4 is 40.4 Å². The number of carbonyl (C=O) groups excluding carboxylic acids is 2. The highest BCUT2D eigenvalue weighted by Gasteiger charge is 2.48. The molecule has 10 nitrogen and oxygen atoms in total. The minimum Gasteiger partial charge on any atom is -0.507 e. The van der Waals surface area contributed by atoms with Crippen LogP contribution in [-0.4, -0.2) is 52.1 Å². The van der Waals surface area contributed by atoms with E-state index in [4.69, 9.17) is 9.47 Å². The lowest BCUT2D eigenvalue weighted by Gasteiger charge is -2.23. The Labute approximate surface area is 210 Å². The summed E-state index contributed by atoms with van der Waals surface area (Å²) in [6.07, 6.45) is 0. The number of anilines is 1. The van der Waals surface area contributed by atoms with Gasteiger partial charge in [-0.15, -0.1) is 0 Å². The van der Waals surface area contributed by atoms with Gasteiger partial charge in [0.25, 0.3) is 5.78 Å². The van der Waals surface area contributed by atoms with Crippen LogP contribution >= 0.6 is 0 Å². The first-order valence-corrected chi connectivity index (χ1v) is 11.1. The standard InChI is InChI=1S/C27H21N3O7/c1-36-17-9-6-14(7-10-17)22-21(23(31)15-4-3-5-18(12-15)37-2)24(32)25(33)30(22)27-28-19-11-8-16(26(34)35)13-20(19)29-27/h3-13,22,31H,1-2H3,(H,28,29)(H,34,35)/b23-21+. The number of H-pyrrole nitrogens is 1. The van der Waals surface area contributed by atoms with Crippen LogP contribution in [0.2, 0.25) is 0 Å². The average Bonchev–Trinajstić information content (AvgIpc) is 3.45. The molecule has 1 saturated heterocycles. The maximum absolute atomic E-state index is 13.4. The molecule has 0 aliphatic carbocycles. The fourth-order valence-corrected chi connectivity index (χ4v) is 4.32. The number of hydrogen-bond donors (Lipinski definition) is 3. The highest BCUT2D eigenvalue weighted by molar-refractivity contribution is 6.51. The van der Waals surface area contributed by atoms with E-state index in [1.54, 1.807) is 48.5 Å². The van der Waals surface area contributed by atoms with E-state index >= 15 is 0 Å². The molecular weight excluding hydrogens is 478 g/mol. The number of amides is 1. The molecule has 10 heteroatoms. The molecule has 1 amide bonds. The summed E-state index contributed by atoms with van der Waals surface area (Å²) in [6, 6.07) is 16.5. The number of aromatic nitrogens is 2. The number of imidazole rings is 1. The van der Waals surface area contributed by atoms with Gasteiger partial charge in [-0.1, -0.05) is 24.3 Å². The smallest absolute Gasteiger partial charge is 0.335 e. The number of carboxylic acids is 1. The number of ether oxygens (including phenoxy) is 2. The van der Waals surface area contributed by atoms with Crippen molar-refractivity contribution in [3.8, 4) is 11.5 Å². The van der Waals surface area contributed by atoms with Gasteiger partial charge in [0.2, 0.25) is 5.95 Å². The molecule has 3 N–H and O–H groups in total. The van der Waals surface area contributed by atoms with Crippen molar-refractivity contribution in [2.24, 2.45) is 0 Å². The van der Waals surface area contributed by atoms with Crippen molar-refractivity contribution in [1.29, 1.82) is 0 Å². The first kappa shape index (κ1) is 23.6. The third-order valence-electron chi connectivity index (χ3n) is 6.16. The van der Waals surface area contributed by atoms with Crippen LogP contribution in [-0.2, 0) is 9.59 Å². The predicted octanol–water partition coefficient (Wildman–Crippen LogP) is 3.90. The van der Waals surface area contributed by atoms with Crippen LogP contribution < -0.4 is 14.4 Å². The lowest BCUT2D eigenvalue weighted by atomic mass is 9.95. The highest BCUT2D eigenvalue weighted by Crippen LogP contribution is 2.42. The minimum absolute atomic E-state index is 0.0325. The second kappa shape index (κ2) is 9.15. The van der Waals surface area contributed by atoms with Gasteiger partial charge < -0.3 is 24.7 Å². The van der Waals surface area contributed by atoms with Crippen LogP contribution in [0.25, 0.3) is 16.8 Å². The molecule has 0 saturated carbocycles. The molecule has 37 heavy (non-hydrogen) atoms. The number of rotatable bonds is 6. The van der Waals surface area contributed by atoms with Crippen molar-refractivity contribution in [2.45, 2.75) is 6.04 Å². The van der Waals surface area contributed by atoms with Crippen molar-refractivity contribution in [3.05, 3.63) is 89.0 Å². The number of carboxylic acid groups (broad SMARTS) is 1. The van der Waals surface area contributed by atoms with E-state index < -0.39 is 23.7 Å². The Balaban J connectivity index is 1.71. The Kier molecular flexibility index (Phi) is 5.84. The van der Waals surface area contributed by atoms with Crippen LogP contribution in [0.4, 0.5) is 5.95 Å².